The lowest BCUT2D eigenvalue weighted by Crippen LogP contribution is -2.29. The van der Waals surface area contributed by atoms with Crippen molar-refractivity contribution in [2.75, 3.05) is 0 Å². The van der Waals surface area contributed by atoms with E-state index in [2.05, 4.69) is 42.2 Å². The van der Waals surface area contributed by atoms with Crippen molar-refractivity contribution in [3.05, 3.63) is 64.4 Å². The van der Waals surface area contributed by atoms with Gasteiger partial charge >= 0.3 is 0 Å². The lowest BCUT2D eigenvalue weighted by molar-refractivity contribution is -0.672. The maximum Gasteiger partial charge on any atom is 0.171 e. The normalized spacial score (nSPS) is 17.8. The smallest absolute Gasteiger partial charge is 0.171 e. The minimum Gasteiger partial charge on any atom is -0.208 e. The van der Waals surface area contributed by atoms with Gasteiger partial charge in [-0.3, -0.25) is 0 Å². The number of nitrogens with zero attached hydrogens (tertiary/aromatic N) is 1. The summed E-state index contributed by atoms with van der Waals surface area (Å²) in [4.78, 5) is 0. The molecule has 104 valence electrons. The van der Waals surface area contributed by atoms with Gasteiger partial charge in [0.15, 0.2) is 12.4 Å². The number of aryl methyl sites for hydroxylation is 3. The molecule has 0 saturated carbocycles. The lowest BCUT2D eigenvalue weighted by atomic mass is 9.81. The first-order chi connectivity index (χ1) is 9.74. The fraction of sp³-hybridized carbons (Fsp3) is 0.389. The predicted octanol–water partition coefficient (Wildman–Crippen LogP) is 4.22. The van der Waals surface area contributed by atoms with E-state index in [-0.39, 0.29) is 0 Å². The number of pyridine rings is 1. The molecule has 0 bridgehead atoms. The van der Waals surface area contributed by atoms with Gasteiger partial charge in [-0.15, -0.1) is 0 Å². The molecule has 1 heterocycles. The Bertz CT molecular complexity index is 606. The van der Waals surface area contributed by atoms with E-state index in [9.17, 15) is 0 Å². The highest BCUT2D eigenvalue weighted by molar-refractivity contribution is 6.31. The molecular weight excluding hydrogens is 266 g/mol. The molecule has 0 radical (unpaired) electrons. The zero-order valence-corrected chi connectivity index (χ0v) is 12.7. The fourth-order valence-electron chi connectivity index (χ4n) is 3.30. The zero-order chi connectivity index (χ0) is 13.9. The van der Waals surface area contributed by atoms with Crippen molar-refractivity contribution >= 4 is 11.6 Å². The maximum atomic E-state index is 6.26. The molecule has 1 aromatic carbocycles. The first-order valence-electron chi connectivity index (χ1n) is 7.45. The summed E-state index contributed by atoms with van der Waals surface area (Å²) in [5, 5.41) is 0.906. The highest BCUT2D eigenvalue weighted by Gasteiger charge is 2.22. The van der Waals surface area contributed by atoms with Gasteiger partial charge in [-0.2, -0.15) is 0 Å². The first-order valence-corrected chi connectivity index (χ1v) is 7.83. The third-order valence-electron chi connectivity index (χ3n) is 4.38. The molecule has 0 aliphatic heterocycles. The van der Waals surface area contributed by atoms with Gasteiger partial charge < -0.3 is 0 Å². The van der Waals surface area contributed by atoms with Gasteiger partial charge in [0.1, 0.15) is 7.05 Å². The minimum atomic E-state index is 0.691. The molecule has 1 aliphatic rings. The summed E-state index contributed by atoms with van der Waals surface area (Å²) in [6.45, 7) is 0. The van der Waals surface area contributed by atoms with Gasteiger partial charge in [-0.05, 0) is 55.2 Å². The summed E-state index contributed by atoms with van der Waals surface area (Å²) in [7, 11) is 2.10. The number of fused-ring (bicyclic) bond motifs is 1. The van der Waals surface area contributed by atoms with Crippen LogP contribution in [0.2, 0.25) is 5.02 Å². The van der Waals surface area contributed by atoms with E-state index in [4.69, 9.17) is 11.6 Å². The molecular formula is C18H21ClN+. The Morgan fingerprint density at radius 1 is 1.25 bits per heavy atom. The molecule has 0 fully saturated rings. The Morgan fingerprint density at radius 2 is 2.10 bits per heavy atom. The van der Waals surface area contributed by atoms with Crippen molar-refractivity contribution in [1.29, 1.82) is 0 Å². The Kier molecular flexibility index (Phi) is 4.07. The molecule has 2 aromatic rings. The van der Waals surface area contributed by atoms with Gasteiger partial charge in [0.05, 0.1) is 0 Å². The highest BCUT2D eigenvalue weighted by Crippen LogP contribution is 2.34. The van der Waals surface area contributed by atoms with Crippen molar-refractivity contribution < 1.29 is 4.57 Å². The molecule has 1 aliphatic carbocycles. The van der Waals surface area contributed by atoms with Crippen LogP contribution in [0.5, 0.6) is 0 Å². The van der Waals surface area contributed by atoms with Gasteiger partial charge in [0, 0.05) is 16.7 Å². The van der Waals surface area contributed by atoms with Crippen LogP contribution in [0.3, 0.4) is 0 Å². The summed E-state index contributed by atoms with van der Waals surface area (Å²) >= 11 is 6.26. The van der Waals surface area contributed by atoms with E-state index in [1.54, 1.807) is 5.56 Å². The van der Waals surface area contributed by atoms with E-state index in [1.165, 1.54) is 36.8 Å². The van der Waals surface area contributed by atoms with Gasteiger partial charge in [0.25, 0.3) is 0 Å². The Labute approximate surface area is 126 Å². The van der Waals surface area contributed by atoms with E-state index in [0.717, 1.165) is 11.4 Å². The van der Waals surface area contributed by atoms with Crippen LogP contribution < -0.4 is 4.57 Å². The number of hydrogen-bond donors (Lipinski definition) is 0. The van der Waals surface area contributed by atoms with Crippen LogP contribution in [0.4, 0.5) is 0 Å². The average molecular weight is 287 g/mol. The van der Waals surface area contributed by atoms with Crippen LogP contribution in [0.25, 0.3) is 0 Å². The Balaban J connectivity index is 1.75. The molecule has 1 nitrogen and oxygen atoms in total. The number of aromatic nitrogens is 1. The topological polar surface area (TPSA) is 3.88 Å². The molecule has 1 unspecified atom stereocenters. The molecule has 0 spiro atoms. The van der Waals surface area contributed by atoms with Crippen molar-refractivity contribution in [1.82, 2.24) is 0 Å². The highest BCUT2D eigenvalue weighted by atomic mass is 35.5. The van der Waals surface area contributed by atoms with Crippen molar-refractivity contribution in [3.63, 3.8) is 0 Å². The molecule has 1 atom stereocenters. The van der Waals surface area contributed by atoms with Crippen LogP contribution in [0.15, 0.2) is 42.7 Å². The third kappa shape index (κ3) is 2.88. The number of benzene rings is 1. The summed E-state index contributed by atoms with van der Waals surface area (Å²) in [6.07, 6.45) is 10.6. The zero-order valence-electron chi connectivity index (χ0n) is 12.0. The fourth-order valence-corrected chi connectivity index (χ4v) is 3.53. The second-order valence-electron chi connectivity index (χ2n) is 5.81. The van der Waals surface area contributed by atoms with E-state index in [0.29, 0.717) is 5.92 Å². The van der Waals surface area contributed by atoms with Crippen molar-refractivity contribution in [3.8, 4) is 0 Å². The molecule has 20 heavy (non-hydrogen) atoms. The second-order valence-corrected chi connectivity index (χ2v) is 6.22. The molecule has 0 amide bonds. The molecule has 1 aromatic heterocycles. The standard InChI is InChI=1S/C18H21ClN/c1-20-12-11-17-14(6-4-7-16(17)13-20)9-10-15-5-2-3-8-18(15)19/h2-3,5,8,11-14H,4,6-7,9-10H2,1H3/q+1. The minimum absolute atomic E-state index is 0.691. The SMILES string of the molecule is C[n+]1ccc2c(c1)CCCC2CCc1ccccc1Cl. The summed E-state index contributed by atoms with van der Waals surface area (Å²) in [5.41, 5.74) is 4.37. The first kappa shape index (κ1) is 13.6. The van der Waals surface area contributed by atoms with Crippen LogP contribution >= 0.6 is 11.6 Å². The summed E-state index contributed by atoms with van der Waals surface area (Å²) in [5.74, 6) is 0.691. The molecule has 0 N–H and O–H groups in total. The maximum absolute atomic E-state index is 6.26. The van der Waals surface area contributed by atoms with Crippen molar-refractivity contribution in [2.24, 2.45) is 7.05 Å². The average Bonchev–Trinajstić information content (AvgIpc) is 2.46. The van der Waals surface area contributed by atoms with Gasteiger partial charge in [-0.1, -0.05) is 29.8 Å². The van der Waals surface area contributed by atoms with E-state index in [1.807, 2.05) is 12.1 Å². The number of halogens is 1. The monoisotopic (exact) mass is 286 g/mol. The Hall–Kier alpha value is -1.34. The lowest BCUT2D eigenvalue weighted by Gasteiger charge is -2.24. The van der Waals surface area contributed by atoms with E-state index >= 15 is 0 Å². The molecule has 0 saturated heterocycles. The second kappa shape index (κ2) is 5.97. The largest absolute Gasteiger partial charge is 0.208 e. The number of hydrogen-bond acceptors (Lipinski definition) is 0. The van der Waals surface area contributed by atoms with Crippen LogP contribution in [-0.2, 0) is 19.9 Å². The molecule has 3 rings (SSSR count). The molecule has 2 heteroatoms. The van der Waals surface area contributed by atoms with Crippen LogP contribution in [-0.4, -0.2) is 0 Å². The summed E-state index contributed by atoms with van der Waals surface area (Å²) < 4.78 is 2.16. The van der Waals surface area contributed by atoms with Gasteiger partial charge in [-0.25, -0.2) is 4.57 Å². The summed E-state index contributed by atoms with van der Waals surface area (Å²) in [6, 6.07) is 10.5. The third-order valence-corrected chi connectivity index (χ3v) is 4.75. The van der Waals surface area contributed by atoms with Gasteiger partial charge in [0.2, 0.25) is 0 Å². The van der Waals surface area contributed by atoms with Crippen molar-refractivity contribution in [2.45, 2.75) is 38.0 Å². The van der Waals surface area contributed by atoms with Crippen LogP contribution in [0, 0.1) is 0 Å². The quantitative estimate of drug-likeness (QED) is 0.744. The number of rotatable bonds is 3. The van der Waals surface area contributed by atoms with E-state index < -0.39 is 0 Å². The Morgan fingerprint density at radius 3 is 2.95 bits per heavy atom. The van der Waals surface area contributed by atoms with Crippen LogP contribution in [0.1, 0.15) is 41.9 Å². The predicted molar refractivity (Wildman–Crippen MR) is 83.1 cm³/mol.